The molecule has 1 aliphatic carbocycles. The number of hydrogen-bond acceptors (Lipinski definition) is 5. The number of aryl methyl sites for hydroxylation is 1. The number of nitrogens with zero attached hydrogens (tertiary/aromatic N) is 2. The summed E-state index contributed by atoms with van der Waals surface area (Å²) >= 11 is 0. The van der Waals surface area contributed by atoms with E-state index in [-0.39, 0.29) is 23.6 Å². The molecule has 2 atom stereocenters. The SMILES string of the molecule is CN(C)S(=O)(=O)C[C@@H]1COC[C@H]1NC(=O)c1n[nH]c2c1CCC2. The number of ether oxygens (including phenoxy) is 1. The van der Waals surface area contributed by atoms with Crippen LogP contribution in [0.1, 0.15) is 28.2 Å². The van der Waals surface area contributed by atoms with Crippen LogP contribution in [-0.4, -0.2) is 67.9 Å². The Hall–Kier alpha value is -1.45. The van der Waals surface area contributed by atoms with Crippen LogP contribution in [0.2, 0.25) is 0 Å². The Morgan fingerprint density at radius 1 is 1.39 bits per heavy atom. The first-order valence-electron chi connectivity index (χ1n) is 7.73. The number of hydrogen-bond donors (Lipinski definition) is 2. The third-order valence-corrected chi connectivity index (χ3v) is 6.48. The fourth-order valence-corrected chi connectivity index (χ4v) is 4.25. The van der Waals surface area contributed by atoms with Gasteiger partial charge >= 0.3 is 0 Å². The van der Waals surface area contributed by atoms with Crippen molar-refractivity contribution in [3.8, 4) is 0 Å². The van der Waals surface area contributed by atoms with Crippen LogP contribution in [0.4, 0.5) is 0 Å². The number of rotatable bonds is 5. The molecule has 0 aromatic carbocycles. The van der Waals surface area contributed by atoms with Crippen molar-refractivity contribution in [2.24, 2.45) is 5.92 Å². The summed E-state index contributed by atoms with van der Waals surface area (Å²) < 4.78 is 30.7. The number of fused-ring (bicyclic) bond motifs is 1. The van der Waals surface area contributed by atoms with Crippen LogP contribution in [-0.2, 0) is 27.6 Å². The van der Waals surface area contributed by atoms with Gasteiger partial charge in [-0.05, 0) is 19.3 Å². The molecule has 2 N–H and O–H groups in total. The van der Waals surface area contributed by atoms with Gasteiger partial charge in [-0.25, -0.2) is 12.7 Å². The molecule has 8 nitrogen and oxygen atoms in total. The molecule has 9 heteroatoms. The molecule has 3 rings (SSSR count). The van der Waals surface area contributed by atoms with Gasteiger partial charge in [-0.2, -0.15) is 5.10 Å². The molecule has 1 fully saturated rings. The molecule has 0 bridgehead atoms. The molecule has 1 amide bonds. The van der Waals surface area contributed by atoms with Gasteiger partial charge in [-0.3, -0.25) is 9.89 Å². The topological polar surface area (TPSA) is 104 Å². The summed E-state index contributed by atoms with van der Waals surface area (Å²) in [5.74, 6) is -0.547. The van der Waals surface area contributed by atoms with E-state index in [0.717, 1.165) is 30.5 Å². The molecule has 0 saturated carbocycles. The van der Waals surface area contributed by atoms with Gasteiger partial charge in [0.05, 0.1) is 25.0 Å². The van der Waals surface area contributed by atoms with Gasteiger partial charge in [-0.1, -0.05) is 0 Å². The normalized spacial score (nSPS) is 24.1. The van der Waals surface area contributed by atoms with Gasteiger partial charge in [0.25, 0.3) is 5.91 Å². The number of carbonyl (C=O) groups is 1. The predicted molar refractivity (Wildman–Crippen MR) is 83.6 cm³/mol. The Morgan fingerprint density at radius 3 is 2.91 bits per heavy atom. The highest BCUT2D eigenvalue weighted by molar-refractivity contribution is 7.89. The minimum atomic E-state index is -3.33. The molecule has 128 valence electrons. The second-order valence-corrected chi connectivity index (χ2v) is 8.55. The minimum Gasteiger partial charge on any atom is -0.379 e. The number of aromatic amines is 1. The molecule has 0 spiro atoms. The molecule has 0 radical (unpaired) electrons. The van der Waals surface area contributed by atoms with Crippen molar-refractivity contribution < 1.29 is 17.9 Å². The predicted octanol–water partition coefficient (Wildman–Crippen LogP) is -0.465. The zero-order chi connectivity index (χ0) is 16.6. The molecular weight excluding hydrogens is 320 g/mol. The molecule has 1 saturated heterocycles. The van der Waals surface area contributed by atoms with E-state index >= 15 is 0 Å². The van der Waals surface area contributed by atoms with Gasteiger partial charge in [0, 0.05) is 31.3 Å². The van der Waals surface area contributed by atoms with Crippen LogP contribution in [0.3, 0.4) is 0 Å². The number of carbonyl (C=O) groups excluding carboxylic acids is 1. The largest absolute Gasteiger partial charge is 0.379 e. The van der Waals surface area contributed by atoms with E-state index in [1.54, 1.807) is 0 Å². The molecule has 1 aromatic rings. The van der Waals surface area contributed by atoms with Crippen molar-refractivity contribution in [1.29, 1.82) is 0 Å². The van der Waals surface area contributed by atoms with Gasteiger partial charge in [0.2, 0.25) is 10.0 Å². The van der Waals surface area contributed by atoms with Gasteiger partial charge in [-0.15, -0.1) is 0 Å². The van der Waals surface area contributed by atoms with Gasteiger partial charge in [0.1, 0.15) is 0 Å². The second-order valence-electron chi connectivity index (χ2n) is 6.32. The third kappa shape index (κ3) is 3.26. The Labute approximate surface area is 135 Å². The van der Waals surface area contributed by atoms with Crippen LogP contribution < -0.4 is 5.32 Å². The fourth-order valence-electron chi connectivity index (χ4n) is 3.09. The van der Waals surface area contributed by atoms with Crippen LogP contribution in [0.5, 0.6) is 0 Å². The highest BCUT2D eigenvalue weighted by atomic mass is 32.2. The molecule has 1 aromatic heterocycles. The van der Waals surface area contributed by atoms with Gasteiger partial charge < -0.3 is 10.1 Å². The summed E-state index contributed by atoms with van der Waals surface area (Å²) in [6.45, 7) is 0.655. The zero-order valence-corrected chi connectivity index (χ0v) is 14.1. The van der Waals surface area contributed by atoms with E-state index in [2.05, 4.69) is 15.5 Å². The van der Waals surface area contributed by atoms with E-state index in [0.29, 0.717) is 18.9 Å². The number of H-pyrrole nitrogens is 1. The third-order valence-electron chi connectivity index (χ3n) is 4.52. The maximum absolute atomic E-state index is 12.5. The number of aromatic nitrogens is 2. The van der Waals surface area contributed by atoms with E-state index < -0.39 is 10.0 Å². The maximum Gasteiger partial charge on any atom is 0.272 e. The summed E-state index contributed by atoms with van der Waals surface area (Å²) in [7, 11) is -0.322. The minimum absolute atomic E-state index is 0.0381. The Morgan fingerprint density at radius 2 is 2.17 bits per heavy atom. The lowest BCUT2D eigenvalue weighted by Crippen LogP contribution is -2.43. The monoisotopic (exact) mass is 342 g/mol. The lowest BCUT2D eigenvalue weighted by Gasteiger charge is -2.20. The Kier molecular flexibility index (Phi) is 4.43. The first-order valence-corrected chi connectivity index (χ1v) is 9.34. The molecular formula is C14H22N4O4S. The van der Waals surface area contributed by atoms with Crippen molar-refractivity contribution in [2.75, 3.05) is 33.1 Å². The standard InChI is InChI=1S/C14H22N4O4S/c1-18(2)23(20,21)8-9-6-22-7-12(9)15-14(19)13-10-4-3-5-11(10)16-17-13/h9,12H,3-8H2,1-2H3,(H,15,19)(H,16,17)/t9-,12+/m0/s1. The molecule has 0 unspecified atom stereocenters. The Balaban J connectivity index is 1.68. The van der Waals surface area contributed by atoms with Crippen molar-refractivity contribution >= 4 is 15.9 Å². The van der Waals surface area contributed by atoms with E-state index in [4.69, 9.17) is 4.74 Å². The lowest BCUT2D eigenvalue weighted by molar-refractivity contribution is 0.0920. The quantitative estimate of drug-likeness (QED) is 0.753. The summed E-state index contributed by atoms with van der Waals surface area (Å²) in [6.07, 6.45) is 2.81. The van der Waals surface area contributed by atoms with Crippen molar-refractivity contribution in [3.63, 3.8) is 0 Å². The zero-order valence-electron chi connectivity index (χ0n) is 13.3. The van der Waals surface area contributed by atoms with Crippen LogP contribution in [0.15, 0.2) is 0 Å². The number of sulfonamides is 1. The van der Waals surface area contributed by atoms with Crippen LogP contribution in [0.25, 0.3) is 0 Å². The summed E-state index contributed by atoms with van der Waals surface area (Å²) in [5.41, 5.74) is 2.45. The fraction of sp³-hybridized carbons (Fsp3) is 0.714. The number of amides is 1. The first kappa shape index (κ1) is 16.4. The maximum atomic E-state index is 12.5. The number of nitrogens with one attached hydrogen (secondary N) is 2. The smallest absolute Gasteiger partial charge is 0.272 e. The molecule has 2 aliphatic rings. The highest BCUT2D eigenvalue weighted by Crippen LogP contribution is 2.23. The van der Waals surface area contributed by atoms with Gasteiger partial charge in [0.15, 0.2) is 5.69 Å². The second kappa shape index (κ2) is 6.21. The average molecular weight is 342 g/mol. The summed E-state index contributed by atoms with van der Waals surface area (Å²) in [4.78, 5) is 12.5. The summed E-state index contributed by atoms with van der Waals surface area (Å²) in [5, 5.41) is 9.91. The first-order chi connectivity index (χ1) is 10.9. The lowest BCUT2D eigenvalue weighted by atomic mass is 10.1. The molecule has 1 aliphatic heterocycles. The van der Waals surface area contributed by atoms with Crippen LogP contribution >= 0.6 is 0 Å². The van der Waals surface area contributed by atoms with Crippen molar-refractivity contribution in [1.82, 2.24) is 19.8 Å². The molecule has 23 heavy (non-hydrogen) atoms. The van der Waals surface area contributed by atoms with Crippen molar-refractivity contribution in [2.45, 2.75) is 25.3 Å². The Bertz CT molecular complexity index is 698. The molecule has 2 heterocycles. The summed E-state index contributed by atoms with van der Waals surface area (Å²) in [6, 6.07) is -0.314. The van der Waals surface area contributed by atoms with Crippen LogP contribution in [0, 0.1) is 5.92 Å². The van der Waals surface area contributed by atoms with E-state index in [1.807, 2.05) is 0 Å². The van der Waals surface area contributed by atoms with E-state index in [9.17, 15) is 13.2 Å². The van der Waals surface area contributed by atoms with E-state index in [1.165, 1.54) is 18.4 Å². The average Bonchev–Trinajstić information content (AvgIpc) is 3.15. The highest BCUT2D eigenvalue weighted by Gasteiger charge is 2.35. The van der Waals surface area contributed by atoms with Crippen molar-refractivity contribution in [3.05, 3.63) is 17.0 Å².